The van der Waals surface area contributed by atoms with E-state index in [0.29, 0.717) is 12.5 Å². The number of halogens is 1. The van der Waals surface area contributed by atoms with Crippen molar-refractivity contribution in [2.45, 2.75) is 19.9 Å². The van der Waals surface area contributed by atoms with Crippen LogP contribution in [0.15, 0.2) is 22.7 Å². The second-order valence-electron chi connectivity index (χ2n) is 5.08. The summed E-state index contributed by atoms with van der Waals surface area (Å²) in [5.41, 5.74) is 0.961. The lowest BCUT2D eigenvalue weighted by Gasteiger charge is -2.16. The number of nitro groups is 1. The van der Waals surface area contributed by atoms with Crippen LogP contribution in [0.1, 0.15) is 18.9 Å². The van der Waals surface area contributed by atoms with Gasteiger partial charge < -0.3 is 4.74 Å². The topological polar surface area (TPSA) is 55.6 Å². The molecule has 20 heavy (non-hydrogen) atoms. The first-order chi connectivity index (χ1) is 9.60. The Hall–Kier alpha value is -0.980. The van der Waals surface area contributed by atoms with E-state index in [-0.39, 0.29) is 10.6 Å². The van der Waals surface area contributed by atoms with E-state index in [2.05, 4.69) is 20.8 Å². The van der Waals surface area contributed by atoms with Crippen LogP contribution in [-0.2, 0) is 11.3 Å². The van der Waals surface area contributed by atoms with Gasteiger partial charge in [-0.1, -0.05) is 15.9 Å². The molecule has 110 valence electrons. The first kappa shape index (κ1) is 15.4. The highest BCUT2D eigenvalue weighted by Crippen LogP contribution is 2.26. The monoisotopic (exact) mass is 342 g/mol. The molecule has 1 fully saturated rings. The van der Waals surface area contributed by atoms with Crippen LogP contribution in [0.3, 0.4) is 0 Å². The van der Waals surface area contributed by atoms with Crippen molar-refractivity contribution in [2.75, 3.05) is 26.3 Å². The van der Waals surface area contributed by atoms with Crippen molar-refractivity contribution in [1.29, 1.82) is 0 Å². The van der Waals surface area contributed by atoms with E-state index in [4.69, 9.17) is 4.74 Å². The van der Waals surface area contributed by atoms with E-state index in [1.165, 1.54) is 0 Å². The maximum absolute atomic E-state index is 11.1. The van der Waals surface area contributed by atoms with Gasteiger partial charge in [-0.05, 0) is 37.9 Å². The summed E-state index contributed by atoms with van der Waals surface area (Å²) >= 11 is 3.38. The largest absolute Gasteiger partial charge is 0.381 e. The molecule has 1 aliphatic heterocycles. The molecule has 1 heterocycles. The molecule has 0 amide bonds. The highest BCUT2D eigenvalue weighted by molar-refractivity contribution is 9.10. The molecule has 0 spiro atoms. The van der Waals surface area contributed by atoms with Crippen molar-refractivity contribution in [1.82, 2.24) is 4.90 Å². The average molecular weight is 343 g/mol. The summed E-state index contributed by atoms with van der Waals surface area (Å²) in [5.74, 6) is 0.543. The van der Waals surface area contributed by atoms with Gasteiger partial charge in [0.1, 0.15) is 0 Å². The summed E-state index contributed by atoms with van der Waals surface area (Å²) in [5, 5.41) is 11.1. The van der Waals surface area contributed by atoms with E-state index in [1.807, 2.05) is 13.0 Å². The summed E-state index contributed by atoms with van der Waals surface area (Å²) in [6.07, 6.45) is 1.10. The Labute approximate surface area is 127 Å². The minimum atomic E-state index is -0.310. The number of hydrogen-bond donors (Lipinski definition) is 0. The van der Waals surface area contributed by atoms with E-state index in [1.54, 1.807) is 12.1 Å². The molecule has 0 aliphatic carbocycles. The third kappa shape index (κ3) is 4.01. The minimum absolute atomic E-state index is 0.196. The predicted octanol–water partition coefficient (Wildman–Crippen LogP) is 3.22. The van der Waals surface area contributed by atoms with Crippen LogP contribution in [0.2, 0.25) is 0 Å². The van der Waals surface area contributed by atoms with Crippen LogP contribution >= 0.6 is 15.9 Å². The maximum Gasteiger partial charge on any atom is 0.273 e. The van der Waals surface area contributed by atoms with Gasteiger partial charge in [0.05, 0.1) is 11.5 Å². The zero-order chi connectivity index (χ0) is 14.5. The van der Waals surface area contributed by atoms with Crippen LogP contribution < -0.4 is 0 Å². The Morgan fingerprint density at radius 3 is 3.05 bits per heavy atom. The molecule has 0 N–H and O–H groups in total. The van der Waals surface area contributed by atoms with Crippen molar-refractivity contribution in [3.8, 4) is 0 Å². The second-order valence-corrected chi connectivity index (χ2v) is 6.00. The summed E-state index contributed by atoms with van der Waals surface area (Å²) in [7, 11) is 0. The van der Waals surface area contributed by atoms with Crippen molar-refractivity contribution in [3.63, 3.8) is 0 Å². The van der Waals surface area contributed by atoms with Gasteiger partial charge in [0, 0.05) is 35.8 Å². The van der Waals surface area contributed by atoms with E-state index in [0.717, 1.165) is 42.8 Å². The van der Waals surface area contributed by atoms with Crippen molar-refractivity contribution < 1.29 is 9.66 Å². The summed E-state index contributed by atoms with van der Waals surface area (Å²) in [4.78, 5) is 13.0. The van der Waals surface area contributed by atoms with E-state index >= 15 is 0 Å². The third-order valence-corrected chi connectivity index (χ3v) is 4.05. The smallest absolute Gasteiger partial charge is 0.273 e. The van der Waals surface area contributed by atoms with Gasteiger partial charge in [-0.2, -0.15) is 0 Å². The molecule has 5 nitrogen and oxygen atoms in total. The first-order valence-electron chi connectivity index (χ1n) is 6.83. The molecule has 0 radical (unpaired) electrons. The van der Waals surface area contributed by atoms with E-state index < -0.39 is 0 Å². The highest BCUT2D eigenvalue weighted by Gasteiger charge is 2.24. The van der Waals surface area contributed by atoms with Crippen molar-refractivity contribution in [2.24, 2.45) is 5.92 Å². The Morgan fingerprint density at radius 1 is 1.55 bits per heavy atom. The van der Waals surface area contributed by atoms with Crippen LogP contribution in [0.25, 0.3) is 0 Å². The highest BCUT2D eigenvalue weighted by atomic mass is 79.9. The number of nitrogens with zero attached hydrogens (tertiary/aromatic N) is 2. The fraction of sp³-hybridized carbons (Fsp3) is 0.571. The lowest BCUT2D eigenvalue weighted by Crippen LogP contribution is -2.22. The lowest BCUT2D eigenvalue weighted by molar-refractivity contribution is -0.385. The van der Waals surface area contributed by atoms with Crippen molar-refractivity contribution in [3.05, 3.63) is 38.3 Å². The zero-order valence-corrected chi connectivity index (χ0v) is 13.1. The normalized spacial score (nSPS) is 19.4. The van der Waals surface area contributed by atoms with Gasteiger partial charge in [0.2, 0.25) is 0 Å². The predicted molar refractivity (Wildman–Crippen MR) is 80.7 cm³/mol. The standard InChI is InChI=1S/C14H19BrN2O3/c1-2-20-10-11-5-6-16(8-11)9-12-7-13(15)3-4-14(12)17(18)19/h3-4,7,11H,2,5-6,8-10H2,1H3. The average Bonchev–Trinajstić information content (AvgIpc) is 2.83. The van der Waals surface area contributed by atoms with E-state index in [9.17, 15) is 10.1 Å². The molecule has 0 aromatic heterocycles. The van der Waals surface area contributed by atoms with Gasteiger partial charge in [0.15, 0.2) is 0 Å². The summed E-state index contributed by atoms with van der Waals surface area (Å²) < 4.78 is 6.33. The molecule has 1 unspecified atom stereocenters. The number of nitro benzene ring substituents is 1. The molecular weight excluding hydrogens is 324 g/mol. The molecule has 2 rings (SSSR count). The number of ether oxygens (including phenoxy) is 1. The molecule has 6 heteroatoms. The summed E-state index contributed by atoms with van der Waals surface area (Å²) in [6, 6.07) is 5.12. The van der Waals surface area contributed by atoms with Gasteiger partial charge >= 0.3 is 0 Å². The van der Waals surface area contributed by atoms with Gasteiger partial charge in [-0.15, -0.1) is 0 Å². The number of likely N-dealkylation sites (tertiary alicyclic amines) is 1. The van der Waals surface area contributed by atoms with Crippen LogP contribution in [0, 0.1) is 16.0 Å². The molecule has 0 saturated carbocycles. The Balaban J connectivity index is 2.00. The maximum atomic E-state index is 11.1. The molecule has 1 atom stereocenters. The fourth-order valence-corrected chi connectivity index (χ4v) is 2.99. The molecule has 1 aliphatic rings. The zero-order valence-electron chi connectivity index (χ0n) is 11.5. The third-order valence-electron chi connectivity index (χ3n) is 3.56. The molecular formula is C14H19BrN2O3. The Morgan fingerprint density at radius 2 is 2.35 bits per heavy atom. The minimum Gasteiger partial charge on any atom is -0.381 e. The number of benzene rings is 1. The fourth-order valence-electron chi connectivity index (χ4n) is 2.58. The summed E-state index contributed by atoms with van der Waals surface area (Å²) in [6.45, 7) is 6.07. The van der Waals surface area contributed by atoms with Gasteiger partial charge in [0.25, 0.3) is 5.69 Å². The molecule has 1 aromatic rings. The van der Waals surface area contributed by atoms with Crippen LogP contribution in [-0.4, -0.2) is 36.1 Å². The first-order valence-corrected chi connectivity index (χ1v) is 7.62. The molecule has 1 saturated heterocycles. The SMILES string of the molecule is CCOCC1CCN(Cc2cc(Br)ccc2[N+](=O)[O-])C1. The quantitative estimate of drug-likeness (QED) is 0.588. The number of rotatable bonds is 6. The van der Waals surface area contributed by atoms with Gasteiger partial charge in [-0.3, -0.25) is 15.0 Å². The second kappa shape index (κ2) is 7.15. The van der Waals surface area contributed by atoms with Crippen molar-refractivity contribution >= 4 is 21.6 Å². The lowest BCUT2D eigenvalue weighted by atomic mass is 10.1. The molecule has 1 aromatic carbocycles. The van der Waals surface area contributed by atoms with Crippen LogP contribution in [0.5, 0.6) is 0 Å². The Bertz CT molecular complexity index is 481. The van der Waals surface area contributed by atoms with Crippen LogP contribution in [0.4, 0.5) is 5.69 Å². The molecule has 0 bridgehead atoms. The van der Waals surface area contributed by atoms with Gasteiger partial charge in [-0.25, -0.2) is 0 Å². The number of hydrogen-bond acceptors (Lipinski definition) is 4. The Kier molecular flexibility index (Phi) is 5.51.